The molecule has 1 rings (SSSR count). The number of thioether (sulfide) groups is 1. The normalized spacial score (nSPS) is 13.2. The van der Waals surface area contributed by atoms with Crippen molar-refractivity contribution in [2.45, 2.75) is 26.3 Å². The molecule has 0 spiro atoms. The van der Waals surface area contributed by atoms with Crippen molar-refractivity contribution in [2.75, 3.05) is 5.75 Å². The molecular formula is C15H19NO4S. The van der Waals surface area contributed by atoms with Gasteiger partial charge >= 0.3 is 5.97 Å². The Morgan fingerprint density at radius 3 is 2.38 bits per heavy atom. The van der Waals surface area contributed by atoms with E-state index in [2.05, 4.69) is 5.32 Å². The minimum atomic E-state index is -1.07. The molecule has 0 radical (unpaired) electrons. The van der Waals surface area contributed by atoms with Gasteiger partial charge < -0.3 is 10.4 Å². The number of hydrogen-bond donors (Lipinski definition) is 2. The third-order valence-corrected chi connectivity index (χ3v) is 3.95. The summed E-state index contributed by atoms with van der Waals surface area (Å²) in [6.45, 7) is 3.11. The molecule has 0 unspecified atom stereocenters. The number of carbonyl (C=O) groups is 3. The van der Waals surface area contributed by atoms with Gasteiger partial charge in [-0.25, -0.2) is 4.79 Å². The van der Waals surface area contributed by atoms with Crippen LogP contribution in [0.3, 0.4) is 0 Å². The molecule has 114 valence electrons. The molecule has 1 amide bonds. The lowest BCUT2D eigenvalue weighted by atomic mass is 10.1. The highest BCUT2D eigenvalue weighted by Gasteiger charge is 2.23. The van der Waals surface area contributed by atoms with Crippen molar-refractivity contribution in [2.24, 2.45) is 5.92 Å². The van der Waals surface area contributed by atoms with Gasteiger partial charge in [-0.3, -0.25) is 9.59 Å². The van der Waals surface area contributed by atoms with E-state index in [9.17, 15) is 19.5 Å². The van der Waals surface area contributed by atoms with Gasteiger partial charge in [0, 0.05) is 25.0 Å². The minimum absolute atomic E-state index is 0.0614. The monoisotopic (exact) mass is 309 g/mol. The van der Waals surface area contributed by atoms with Gasteiger partial charge in [-0.15, -0.1) is 0 Å². The van der Waals surface area contributed by atoms with Gasteiger partial charge in [0.15, 0.2) is 5.12 Å². The predicted octanol–water partition coefficient (Wildman–Crippen LogP) is 1.71. The van der Waals surface area contributed by atoms with Gasteiger partial charge in [-0.2, -0.15) is 0 Å². The summed E-state index contributed by atoms with van der Waals surface area (Å²) in [5.41, 5.74) is 0.843. The van der Waals surface area contributed by atoms with E-state index in [-0.39, 0.29) is 17.4 Å². The third-order valence-electron chi connectivity index (χ3n) is 2.88. The second kappa shape index (κ2) is 8.46. The van der Waals surface area contributed by atoms with Crippen molar-refractivity contribution in [1.29, 1.82) is 0 Å². The van der Waals surface area contributed by atoms with E-state index in [0.717, 1.165) is 17.3 Å². The predicted molar refractivity (Wildman–Crippen MR) is 82.0 cm³/mol. The van der Waals surface area contributed by atoms with Crippen LogP contribution >= 0.6 is 11.8 Å². The van der Waals surface area contributed by atoms with E-state index >= 15 is 0 Å². The maximum absolute atomic E-state index is 12.0. The minimum Gasteiger partial charge on any atom is -0.480 e. The van der Waals surface area contributed by atoms with Gasteiger partial charge in [0.25, 0.3) is 0 Å². The van der Waals surface area contributed by atoms with E-state index in [1.807, 2.05) is 30.3 Å². The molecule has 0 saturated carbocycles. The molecule has 2 atom stereocenters. The Morgan fingerprint density at radius 1 is 1.24 bits per heavy atom. The summed E-state index contributed by atoms with van der Waals surface area (Å²) < 4.78 is 0. The molecule has 0 saturated heterocycles. The fourth-order valence-corrected chi connectivity index (χ4v) is 2.32. The van der Waals surface area contributed by atoms with Gasteiger partial charge in [0.05, 0.1) is 0 Å². The maximum atomic E-state index is 12.0. The number of aliphatic carboxylic acids is 1. The maximum Gasteiger partial charge on any atom is 0.326 e. The van der Waals surface area contributed by atoms with Crippen LogP contribution in [0, 0.1) is 5.92 Å². The quantitative estimate of drug-likeness (QED) is 0.801. The van der Waals surface area contributed by atoms with Gasteiger partial charge in [-0.05, 0) is 5.56 Å². The molecule has 0 heterocycles. The third kappa shape index (κ3) is 6.44. The number of carboxylic acids is 1. The first-order chi connectivity index (χ1) is 9.90. The van der Waals surface area contributed by atoms with E-state index < -0.39 is 17.9 Å². The van der Waals surface area contributed by atoms with Crippen LogP contribution in [-0.4, -0.2) is 33.9 Å². The first kappa shape index (κ1) is 17.2. The summed E-state index contributed by atoms with van der Waals surface area (Å²) in [6.07, 6.45) is 0.231. The highest BCUT2D eigenvalue weighted by molar-refractivity contribution is 8.13. The second-order valence-electron chi connectivity index (χ2n) is 4.79. The zero-order valence-corrected chi connectivity index (χ0v) is 12.9. The van der Waals surface area contributed by atoms with Crippen LogP contribution in [0.2, 0.25) is 0 Å². The van der Waals surface area contributed by atoms with Crippen LogP contribution in [0.15, 0.2) is 30.3 Å². The Kier molecular flexibility index (Phi) is 6.94. The molecule has 0 aromatic heterocycles. The molecule has 0 aliphatic rings. The fourth-order valence-electron chi connectivity index (χ4n) is 1.68. The van der Waals surface area contributed by atoms with E-state index in [4.69, 9.17) is 0 Å². The highest BCUT2D eigenvalue weighted by atomic mass is 32.2. The van der Waals surface area contributed by atoms with Crippen LogP contribution in [0.4, 0.5) is 0 Å². The van der Waals surface area contributed by atoms with Crippen LogP contribution in [0.1, 0.15) is 19.4 Å². The Hall–Kier alpha value is -1.82. The highest BCUT2D eigenvalue weighted by Crippen LogP contribution is 2.10. The SMILES string of the molecule is CC(=O)SC[C@@H](C)C(=O)N[C@@H](Cc1ccccc1)C(=O)O. The lowest BCUT2D eigenvalue weighted by Crippen LogP contribution is -2.44. The molecule has 0 bridgehead atoms. The molecule has 0 aliphatic carbocycles. The summed E-state index contributed by atoms with van der Waals surface area (Å²) in [5.74, 6) is -1.50. The summed E-state index contributed by atoms with van der Waals surface area (Å²) in [5, 5.41) is 11.7. The molecule has 1 aromatic rings. The Labute approximate surface area is 128 Å². The lowest BCUT2D eigenvalue weighted by molar-refractivity contribution is -0.142. The van der Waals surface area contributed by atoms with Crippen LogP contribution < -0.4 is 5.32 Å². The molecule has 0 fully saturated rings. The Morgan fingerprint density at radius 2 is 1.86 bits per heavy atom. The average Bonchev–Trinajstić information content (AvgIpc) is 2.44. The zero-order chi connectivity index (χ0) is 15.8. The van der Waals surface area contributed by atoms with Crippen molar-refractivity contribution in [3.63, 3.8) is 0 Å². The van der Waals surface area contributed by atoms with Gasteiger partial charge in [-0.1, -0.05) is 49.0 Å². The van der Waals surface area contributed by atoms with E-state index in [0.29, 0.717) is 5.75 Å². The number of carboxylic acid groups (broad SMARTS) is 1. The van der Waals surface area contributed by atoms with Gasteiger partial charge in [0.2, 0.25) is 5.91 Å². The Bertz CT molecular complexity index is 504. The smallest absolute Gasteiger partial charge is 0.326 e. The average molecular weight is 309 g/mol. The first-order valence-corrected chi connectivity index (χ1v) is 7.59. The van der Waals surface area contributed by atoms with Gasteiger partial charge in [0.1, 0.15) is 6.04 Å². The number of carbonyl (C=O) groups excluding carboxylic acids is 2. The molecule has 2 N–H and O–H groups in total. The number of hydrogen-bond acceptors (Lipinski definition) is 4. The summed E-state index contributed by atoms with van der Waals surface area (Å²) in [7, 11) is 0. The lowest BCUT2D eigenvalue weighted by Gasteiger charge is -2.17. The van der Waals surface area contributed by atoms with Crippen LogP contribution in [0.25, 0.3) is 0 Å². The van der Waals surface area contributed by atoms with E-state index in [1.54, 1.807) is 6.92 Å². The summed E-state index contributed by atoms with van der Waals surface area (Å²) in [6, 6.07) is 8.15. The summed E-state index contributed by atoms with van der Waals surface area (Å²) >= 11 is 1.06. The molecule has 21 heavy (non-hydrogen) atoms. The number of benzene rings is 1. The number of rotatable bonds is 7. The van der Waals surface area contributed by atoms with Crippen molar-refractivity contribution >= 4 is 28.8 Å². The molecule has 1 aromatic carbocycles. The van der Waals surface area contributed by atoms with Crippen molar-refractivity contribution < 1.29 is 19.5 Å². The standard InChI is InChI=1S/C15H19NO4S/c1-10(9-21-11(2)17)14(18)16-13(15(19)20)8-12-6-4-3-5-7-12/h3-7,10,13H,8-9H2,1-2H3,(H,16,18)(H,19,20)/t10-,13+/m1/s1. The second-order valence-corrected chi connectivity index (χ2v) is 5.99. The van der Waals surface area contributed by atoms with Crippen LogP contribution in [-0.2, 0) is 20.8 Å². The molecule has 6 heteroatoms. The van der Waals surface area contributed by atoms with Crippen LogP contribution in [0.5, 0.6) is 0 Å². The summed E-state index contributed by atoms with van der Waals surface area (Å²) in [4.78, 5) is 34.1. The largest absolute Gasteiger partial charge is 0.480 e. The first-order valence-electron chi connectivity index (χ1n) is 6.60. The van der Waals surface area contributed by atoms with Crippen molar-refractivity contribution in [1.82, 2.24) is 5.32 Å². The van der Waals surface area contributed by atoms with E-state index in [1.165, 1.54) is 6.92 Å². The topological polar surface area (TPSA) is 83.5 Å². The number of nitrogens with one attached hydrogen (secondary N) is 1. The Balaban J connectivity index is 2.60. The van der Waals surface area contributed by atoms with Crippen molar-refractivity contribution in [3.05, 3.63) is 35.9 Å². The number of amides is 1. The molecular weight excluding hydrogens is 290 g/mol. The molecule has 0 aliphatic heterocycles. The fraction of sp³-hybridized carbons (Fsp3) is 0.400. The zero-order valence-electron chi connectivity index (χ0n) is 12.0. The molecule has 5 nitrogen and oxygen atoms in total. The van der Waals surface area contributed by atoms with Crippen molar-refractivity contribution in [3.8, 4) is 0 Å².